The van der Waals surface area contributed by atoms with Gasteiger partial charge in [-0.1, -0.05) is 109 Å². The summed E-state index contributed by atoms with van der Waals surface area (Å²) < 4.78 is 6.11. The molecule has 0 saturated carbocycles. The van der Waals surface area contributed by atoms with Crippen LogP contribution in [0.15, 0.2) is 72.8 Å². The summed E-state index contributed by atoms with van der Waals surface area (Å²) in [6, 6.07) is 18.3. The van der Waals surface area contributed by atoms with Crippen molar-refractivity contribution in [3.05, 3.63) is 78.4 Å². The second-order valence-electron chi connectivity index (χ2n) is 14.9. The number of aliphatic hydroxyl groups excluding tert-OH is 1. The zero-order valence-electron chi connectivity index (χ0n) is 32.0. The fourth-order valence-corrected chi connectivity index (χ4v) is 5.87. The zero-order chi connectivity index (χ0) is 39.5. The van der Waals surface area contributed by atoms with E-state index in [9.17, 15) is 34.2 Å². The van der Waals surface area contributed by atoms with Crippen LogP contribution in [-0.4, -0.2) is 75.7 Å². The Balaban J connectivity index is 1.76. The number of nitrogens with one attached hydrogen (secondary N) is 4. The van der Waals surface area contributed by atoms with Gasteiger partial charge in [0.15, 0.2) is 5.60 Å². The highest BCUT2D eigenvalue weighted by molar-refractivity contribution is 5.92. The van der Waals surface area contributed by atoms with Gasteiger partial charge in [-0.3, -0.25) is 19.2 Å². The minimum atomic E-state index is -1.39. The molecule has 0 aromatic heterocycles. The molecule has 0 radical (unpaired) electrons. The fourth-order valence-electron chi connectivity index (χ4n) is 5.87. The lowest BCUT2D eigenvalue weighted by Crippen LogP contribution is -2.59. The fraction of sp³-hybridized carbons (Fsp3) is 0.488. The first-order valence-corrected chi connectivity index (χ1v) is 18.3. The molecule has 0 aliphatic carbocycles. The maximum atomic E-state index is 13.9. The van der Waals surface area contributed by atoms with E-state index in [1.165, 1.54) is 0 Å². The van der Waals surface area contributed by atoms with E-state index in [0.717, 1.165) is 16.3 Å². The monoisotopic (exact) mass is 732 g/mol. The third-order valence-electron chi connectivity index (χ3n) is 9.40. The highest BCUT2D eigenvalue weighted by Crippen LogP contribution is 2.25. The topological polar surface area (TPSA) is 183 Å². The summed E-state index contributed by atoms with van der Waals surface area (Å²) in [5.74, 6) is -4.15. The van der Waals surface area contributed by atoms with E-state index in [4.69, 9.17) is 4.74 Å². The average molecular weight is 733 g/mol. The second kappa shape index (κ2) is 19.2. The molecule has 288 valence electrons. The van der Waals surface area contributed by atoms with Gasteiger partial charge < -0.3 is 36.2 Å². The molecule has 2 unspecified atom stereocenters. The summed E-state index contributed by atoms with van der Waals surface area (Å²) in [5.41, 5.74) is -0.563. The van der Waals surface area contributed by atoms with Gasteiger partial charge >= 0.3 is 5.97 Å². The molecule has 0 spiro atoms. The number of carboxylic acid groups (broad SMARTS) is 1. The number of amides is 4. The molecule has 0 saturated heterocycles. The number of fused-ring (bicyclic) bond motifs is 1. The standard InChI is InChI=1S/C41H56N4O8/c1-9-26(6)36(38(49)44-35(25(4)5)39(50)51)43-33(47)23-32(46)31(21-27-15-11-10-12-16-27)42-37(48)34(24(2)3)45-40(52)41(7,8)53-30-20-19-28-17-13-14-18-29(28)22-30/h10-20,22,24-26,31-32,34-36,46H,9,21,23H2,1-8H3,(H,42,48)(H,43,47)(H,44,49)(H,45,52)(H,50,51)/t26-,31?,32?,34-,35-,36-/m0/s1. The number of carboxylic acids is 1. The van der Waals surface area contributed by atoms with Crippen LogP contribution in [0.25, 0.3) is 10.8 Å². The lowest BCUT2D eigenvalue weighted by molar-refractivity contribution is -0.143. The number of hydrogen-bond donors (Lipinski definition) is 6. The molecule has 0 fully saturated rings. The van der Waals surface area contributed by atoms with Gasteiger partial charge in [0.05, 0.1) is 18.6 Å². The quantitative estimate of drug-likeness (QED) is 0.105. The van der Waals surface area contributed by atoms with Gasteiger partial charge in [-0.05, 0) is 66.5 Å². The number of benzene rings is 3. The molecular formula is C41H56N4O8. The number of ether oxygens (including phenoxy) is 1. The molecule has 0 aliphatic heterocycles. The van der Waals surface area contributed by atoms with E-state index < -0.39 is 77.8 Å². The van der Waals surface area contributed by atoms with Crippen molar-refractivity contribution in [2.24, 2.45) is 17.8 Å². The predicted octanol–water partition coefficient (Wildman–Crippen LogP) is 4.37. The Kier molecular flexibility index (Phi) is 15.4. The van der Waals surface area contributed by atoms with Crippen molar-refractivity contribution < 1.29 is 38.9 Å². The Morgan fingerprint density at radius 2 is 1.30 bits per heavy atom. The molecule has 0 bridgehead atoms. The van der Waals surface area contributed by atoms with Crippen molar-refractivity contribution in [1.82, 2.24) is 21.3 Å². The summed E-state index contributed by atoms with van der Waals surface area (Å²) in [4.78, 5) is 65.8. The first kappa shape index (κ1) is 42.4. The van der Waals surface area contributed by atoms with Gasteiger partial charge in [-0.2, -0.15) is 0 Å². The Bertz CT molecular complexity index is 1710. The molecule has 3 aromatic rings. The number of aliphatic carboxylic acids is 1. The number of aliphatic hydroxyl groups is 1. The highest BCUT2D eigenvalue weighted by Gasteiger charge is 2.37. The Morgan fingerprint density at radius 3 is 1.89 bits per heavy atom. The Morgan fingerprint density at radius 1 is 0.717 bits per heavy atom. The molecular weight excluding hydrogens is 676 g/mol. The largest absolute Gasteiger partial charge is 0.480 e. The normalized spacial score (nSPS) is 15.1. The average Bonchev–Trinajstić information content (AvgIpc) is 3.10. The summed E-state index contributed by atoms with van der Waals surface area (Å²) in [5, 5.41) is 33.9. The minimum Gasteiger partial charge on any atom is -0.480 e. The van der Waals surface area contributed by atoms with Gasteiger partial charge in [0.25, 0.3) is 5.91 Å². The van der Waals surface area contributed by atoms with E-state index in [0.29, 0.717) is 12.2 Å². The summed E-state index contributed by atoms with van der Waals surface area (Å²) in [6.07, 6.45) is -1.17. The van der Waals surface area contributed by atoms with Crippen LogP contribution in [0.2, 0.25) is 0 Å². The van der Waals surface area contributed by atoms with Crippen LogP contribution in [0, 0.1) is 17.8 Å². The molecule has 12 nitrogen and oxygen atoms in total. The van der Waals surface area contributed by atoms with E-state index in [2.05, 4.69) is 21.3 Å². The van der Waals surface area contributed by atoms with Crippen LogP contribution in [0.1, 0.15) is 73.8 Å². The van der Waals surface area contributed by atoms with Crippen LogP contribution in [0.3, 0.4) is 0 Å². The van der Waals surface area contributed by atoms with Crippen molar-refractivity contribution in [2.75, 3.05) is 0 Å². The Labute approximate surface area is 312 Å². The van der Waals surface area contributed by atoms with Gasteiger partial charge in [-0.25, -0.2) is 4.79 Å². The molecule has 0 heterocycles. The number of hydrogen-bond acceptors (Lipinski definition) is 7. The van der Waals surface area contributed by atoms with Crippen LogP contribution in [-0.2, 0) is 30.4 Å². The zero-order valence-corrected chi connectivity index (χ0v) is 32.0. The van der Waals surface area contributed by atoms with E-state index in [1.807, 2.05) is 73.7 Å². The molecule has 12 heteroatoms. The molecule has 0 aliphatic rings. The lowest BCUT2D eigenvalue weighted by Gasteiger charge is -2.32. The molecule has 6 N–H and O–H groups in total. The van der Waals surface area contributed by atoms with E-state index in [-0.39, 0.29) is 18.3 Å². The van der Waals surface area contributed by atoms with Crippen molar-refractivity contribution in [3.8, 4) is 5.75 Å². The molecule has 53 heavy (non-hydrogen) atoms. The van der Waals surface area contributed by atoms with E-state index >= 15 is 0 Å². The lowest BCUT2D eigenvalue weighted by atomic mass is 9.95. The summed E-state index contributed by atoms with van der Waals surface area (Å²) >= 11 is 0. The third kappa shape index (κ3) is 12.3. The Hall–Kier alpha value is -4.97. The minimum absolute atomic E-state index is 0.167. The van der Waals surface area contributed by atoms with Gasteiger partial charge in [0, 0.05) is 0 Å². The smallest absolute Gasteiger partial charge is 0.326 e. The van der Waals surface area contributed by atoms with Crippen LogP contribution in [0.4, 0.5) is 0 Å². The molecule has 4 amide bonds. The predicted molar refractivity (Wildman–Crippen MR) is 204 cm³/mol. The first-order valence-electron chi connectivity index (χ1n) is 18.3. The molecule has 3 rings (SSSR count). The van der Waals surface area contributed by atoms with Gasteiger partial charge in [-0.15, -0.1) is 0 Å². The van der Waals surface area contributed by atoms with Crippen molar-refractivity contribution in [2.45, 2.75) is 111 Å². The number of carbonyl (C=O) groups excluding carboxylic acids is 4. The van der Waals surface area contributed by atoms with Crippen molar-refractivity contribution in [3.63, 3.8) is 0 Å². The number of rotatable bonds is 19. The molecule has 6 atom stereocenters. The maximum absolute atomic E-state index is 13.9. The summed E-state index contributed by atoms with van der Waals surface area (Å²) in [7, 11) is 0. The first-order chi connectivity index (χ1) is 24.9. The molecule has 3 aromatic carbocycles. The van der Waals surface area contributed by atoms with Crippen LogP contribution >= 0.6 is 0 Å². The second-order valence-corrected chi connectivity index (χ2v) is 14.9. The maximum Gasteiger partial charge on any atom is 0.326 e. The van der Waals surface area contributed by atoms with E-state index in [1.54, 1.807) is 54.5 Å². The van der Waals surface area contributed by atoms with Gasteiger partial charge in [0.2, 0.25) is 17.7 Å². The number of carbonyl (C=O) groups is 5. The third-order valence-corrected chi connectivity index (χ3v) is 9.40. The SMILES string of the molecule is CC[C@H](C)[C@H](NC(=O)CC(O)C(Cc1ccccc1)NC(=O)[C@@H](NC(=O)C(C)(C)Oc1ccc2ccccc2c1)C(C)C)C(=O)N[C@H](C(=O)O)C(C)C. The van der Waals surface area contributed by atoms with Crippen molar-refractivity contribution in [1.29, 1.82) is 0 Å². The van der Waals surface area contributed by atoms with Crippen molar-refractivity contribution >= 4 is 40.4 Å². The summed E-state index contributed by atoms with van der Waals surface area (Å²) in [6.45, 7) is 13.7. The highest BCUT2D eigenvalue weighted by atomic mass is 16.5. The van der Waals surface area contributed by atoms with Crippen LogP contribution in [0.5, 0.6) is 5.75 Å². The van der Waals surface area contributed by atoms with Gasteiger partial charge in [0.1, 0.15) is 23.9 Å². The van der Waals surface area contributed by atoms with Crippen LogP contribution < -0.4 is 26.0 Å².